The first-order valence-electron chi connectivity index (χ1n) is 6.76. The Balaban J connectivity index is 2.14. The fourth-order valence-corrected chi connectivity index (χ4v) is 2.09. The molecule has 1 N–H and O–H groups in total. The number of carbonyl (C=O) groups excluding carboxylic acids is 2. The van der Waals surface area contributed by atoms with Crippen molar-refractivity contribution in [3.05, 3.63) is 41.7 Å². The predicted octanol–water partition coefficient (Wildman–Crippen LogP) is 2.30. The van der Waals surface area contributed by atoms with Gasteiger partial charge in [0.1, 0.15) is 5.82 Å². The largest absolute Gasteiger partial charge is 0.308 e. The van der Waals surface area contributed by atoms with Crippen LogP contribution < -0.4 is 10.2 Å². The van der Waals surface area contributed by atoms with Gasteiger partial charge in [-0.1, -0.05) is 6.58 Å². The second-order valence-electron chi connectivity index (χ2n) is 6.24. The van der Waals surface area contributed by atoms with E-state index in [1.807, 2.05) is 20.8 Å². The number of halogens is 1. The van der Waals surface area contributed by atoms with Crippen molar-refractivity contribution in [1.29, 1.82) is 0 Å². The molecule has 1 aromatic rings. The van der Waals surface area contributed by atoms with Crippen molar-refractivity contribution >= 4 is 17.4 Å². The highest BCUT2D eigenvalue weighted by Crippen LogP contribution is 2.30. The van der Waals surface area contributed by atoms with Crippen LogP contribution in [0.3, 0.4) is 0 Å². The molecule has 0 spiro atoms. The van der Waals surface area contributed by atoms with Crippen LogP contribution in [0.25, 0.3) is 0 Å². The van der Waals surface area contributed by atoms with Gasteiger partial charge in [-0.25, -0.2) is 4.39 Å². The highest BCUT2D eigenvalue weighted by Gasteiger charge is 2.36. The van der Waals surface area contributed by atoms with E-state index in [-0.39, 0.29) is 17.6 Å². The third kappa shape index (κ3) is 3.36. The van der Waals surface area contributed by atoms with Crippen molar-refractivity contribution in [3.63, 3.8) is 0 Å². The number of carbonyl (C=O) groups is 2. The normalized spacial score (nSPS) is 14.6. The molecule has 0 saturated heterocycles. The van der Waals surface area contributed by atoms with Gasteiger partial charge in [-0.3, -0.25) is 9.59 Å². The molecule has 0 aromatic heterocycles. The van der Waals surface area contributed by atoms with Crippen LogP contribution in [0.5, 0.6) is 0 Å². The van der Waals surface area contributed by atoms with Gasteiger partial charge in [0.15, 0.2) is 0 Å². The van der Waals surface area contributed by atoms with Gasteiger partial charge in [0, 0.05) is 18.6 Å². The Morgan fingerprint density at radius 2 is 2.00 bits per heavy atom. The van der Waals surface area contributed by atoms with Gasteiger partial charge in [0.2, 0.25) is 0 Å². The molecular formula is C16H19FN2O2. The Labute approximate surface area is 123 Å². The summed E-state index contributed by atoms with van der Waals surface area (Å²) in [5.74, 6) is -1.70. The lowest BCUT2D eigenvalue weighted by Crippen LogP contribution is -2.39. The Bertz CT molecular complexity index is 617. The SMILES string of the molecule is C=C(CNC(C)(C)C)CN1C(=O)C(=O)c2ccc(F)cc21. The number of amides is 1. The first-order valence-corrected chi connectivity index (χ1v) is 6.76. The molecule has 1 heterocycles. The Morgan fingerprint density at radius 1 is 1.33 bits per heavy atom. The van der Waals surface area contributed by atoms with Crippen LogP contribution in [-0.2, 0) is 4.79 Å². The van der Waals surface area contributed by atoms with Crippen LogP contribution >= 0.6 is 0 Å². The molecule has 2 rings (SSSR count). The molecule has 5 heteroatoms. The number of hydrogen-bond donors (Lipinski definition) is 1. The molecule has 1 aliphatic rings. The van der Waals surface area contributed by atoms with Gasteiger partial charge in [-0.15, -0.1) is 0 Å². The zero-order valence-corrected chi connectivity index (χ0v) is 12.5. The maximum atomic E-state index is 13.3. The maximum absolute atomic E-state index is 13.3. The molecule has 1 aromatic carbocycles. The summed E-state index contributed by atoms with van der Waals surface area (Å²) < 4.78 is 13.3. The predicted molar refractivity (Wildman–Crippen MR) is 80.0 cm³/mol. The summed E-state index contributed by atoms with van der Waals surface area (Å²) in [6.45, 7) is 10.7. The average molecular weight is 290 g/mol. The van der Waals surface area contributed by atoms with Gasteiger partial charge in [0.25, 0.3) is 11.7 Å². The first-order chi connectivity index (χ1) is 9.69. The monoisotopic (exact) mass is 290 g/mol. The molecular weight excluding hydrogens is 271 g/mol. The van der Waals surface area contributed by atoms with Crippen LogP contribution in [0.2, 0.25) is 0 Å². The molecule has 4 nitrogen and oxygen atoms in total. The smallest absolute Gasteiger partial charge is 0.299 e. The van der Waals surface area contributed by atoms with Crippen LogP contribution in [0.15, 0.2) is 30.4 Å². The first kappa shape index (κ1) is 15.4. The molecule has 1 amide bonds. The van der Waals surface area contributed by atoms with Crippen LogP contribution in [0.1, 0.15) is 31.1 Å². The molecule has 0 fully saturated rings. The lowest BCUT2D eigenvalue weighted by atomic mass is 10.1. The summed E-state index contributed by atoms with van der Waals surface area (Å²) in [6, 6.07) is 3.74. The topological polar surface area (TPSA) is 49.4 Å². The number of nitrogens with one attached hydrogen (secondary N) is 1. The average Bonchev–Trinajstić information content (AvgIpc) is 2.60. The van der Waals surface area contributed by atoms with Crippen molar-refractivity contribution in [2.45, 2.75) is 26.3 Å². The number of hydrogen-bond acceptors (Lipinski definition) is 3. The molecule has 0 aliphatic carbocycles. The van der Waals surface area contributed by atoms with Gasteiger partial charge in [-0.2, -0.15) is 0 Å². The third-order valence-corrected chi connectivity index (χ3v) is 3.19. The Kier molecular flexibility index (Phi) is 3.96. The van der Waals surface area contributed by atoms with Gasteiger partial charge in [0.05, 0.1) is 11.3 Å². The van der Waals surface area contributed by atoms with Gasteiger partial charge < -0.3 is 10.2 Å². The van der Waals surface area contributed by atoms with Crippen molar-refractivity contribution < 1.29 is 14.0 Å². The van der Waals surface area contributed by atoms with E-state index in [9.17, 15) is 14.0 Å². The molecule has 0 unspecified atom stereocenters. The highest BCUT2D eigenvalue weighted by atomic mass is 19.1. The van der Waals surface area contributed by atoms with Gasteiger partial charge >= 0.3 is 0 Å². The van der Waals surface area contributed by atoms with E-state index < -0.39 is 17.5 Å². The van der Waals surface area contributed by atoms with E-state index >= 15 is 0 Å². The number of rotatable bonds is 4. The zero-order valence-electron chi connectivity index (χ0n) is 12.5. The van der Waals surface area contributed by atoms with E-state index in [0.717, 1.165) is 5.57 Å². The molecule has 112 valence electrons. The zero-order chi connectivity index (χ0) is 15.8. The molecule has 0 saturated carbocycles. The fourth-order valence-electron chi connectivity index (χ4n) is 2.09. The van der Waals surface area contributed by atoms with E-state index in [0.29, 0.717) is 12.2 Å². The van der Waals surface area contributed by atoms with E-state index in [4.69, 9.17) is 0 Å². The molecule has 0 radical (unpaired) electrons. The summed E-state index contributed by atoms with van der Waals surface area (Å²) in [7, 11) is 0. The summed E-state index contributed by atoms with van der Waals surface area (Å²) in [4.78, 5) is 25.1. The van der Waals surface area contributed by atoms with Crippen LogP contribution in [0, 0.1) is 5.82 Å². The number of anilines is 1. The third-order valence-electron chi connectivity index (χ3n) is 3.19. The summed E-state index contributed by atoms with van der Waals surface area (Å²) in [5, 5.41) is 3.26. The minimum atomic E-state index is -0.632. The maximum Gasteiger partial charge on any atom is 0.299 e. The van der Waals surface area contributed by atoms with E-state index in [1.54, 1.807) is 0 Å². The molecule has 1 aliphatic heterocycles. The van der Waals surface area contributed by atoms with Crippen LogP contribution in [-0.4, -0.2) is 30.3 Å². The number of fused-ring (bicyclic) bond motifs is 1. The van der Waals surface area contributed by atoms with Crippen LogP contribution in [0.4, 0.5) is 10.1 Å². The summed E-state index contributed by atoms with van der Waals surface area (Å²) in [5.41, 5.74) is 1.25. The highest BCUT2D eigenvalue weighted by molar-refractivity contribution is 6.52. The Hall–Kier alpha value is -2.01. The minimum absolute atomic E-state index is 0.0716. The van der Waals surface area contributed by atoms with Crippen molar-refractivity contribution in [1.82, 2.24) is 5.32 Å². The van der Waals surface area contributed by atoms with Crippen molar-refractivity contribution in [2.24, 2.45) is 0 Å². The molecule has 0 atom stereocenters. The minimum Gasteiger partial charge on any atom is -0.308 e. The second-order valence-corrected chi connectivity index (χ2v) is 6.24. The van der Waals surface area contributed by atoms with Gasteiger partial charge in [-0.05, 0) is 44.5 Å². The van der Waals surface area contributed by atoms with Crippen molar-refractivity contribution in [3.8, 4) is 0 Å². The quantitative estimate of drug-likeness (QED) is 0.684. The number of Topliss-reactive ketones (excluding diaryl/α,β-unsaturated/α-hetero) is 1. The number of ketones is 1. The summed E-state index contributed by atoms with van der Waals surface area (Å²) >= 11 is 0. The standard InChI is InChI=1S/C16H19FN2O2/c1-10(8-18-16(2,3)4)9-19-13-7-11(17)5-6-12(13)14(20)15(19)21/h5-7,18H,1,8-9H2,2-4H3. The molecule has 0 bridgehead atoms. The molecule has 21 heavy (non-hydrogen) atoms. The number of benzene rings is 1. The lowest BCUT2D eigenvalue weighted by molar-refractivity contribution is -0.114. The fraction of sp³-hybridized carbons (Fsp3) is 0.375. The Morgan fingerprint density at radius 3 is 2.62 bits per heavy atom. The number of nitrogens with zero attached hydrogens (tertiary/aromatic N) is 1. The van der Waals surface area contributed by atoms with E-state index in [2.05, 4.69) is 11.9 Å². The van der Waals surface area contributed by atoms with E-state index in [1.165, 1.54) is 23.1 Å². The summed E-state index contributed by atoms with van der Waals surface area (Å²) in [6.07, 6.45) is 0. The lowest BCUT2D eigenvalue weighted by Gasteiger charge is -2.23. The second kappa shape index (κ2) is 5.41. The van der Waals surface area contributed by atoms with Crippen molar-refractivity contribution in [2.75, 3.05) is 18.0 Å².